The van der Waals surface area contributed by atoms with E-state index in [2.05, 4.69) is 44.4 Å². The van der Waals surface area contributed by atoms with Gasteiger partial charge < -0.3 is 10.6 Å². The van der Waals surface area contributed by atoms with Crippen LogP contribution in [0.3, 0.4) is 0 Å². The van der Waals surface area contributed by atoms with Crippen LogP contribution in [-0.2, 0) is 0 Å². The lowest BCUT2D eigenvalue weighted by molar-refractivity contribution is 0.135. The Morgan fingerprint density at radius 1 is 1.16 bits per heavy atom. The molecule has 0 aromatic carbocycles. The van der Waals surface area contributed by atoms with Gasteiger partial charge in [0.1, 0.15) is 0 Å². The summed E-state index contributed by atoms with van der Waals surface area (Å²) in [7, 11) is 0. The molecule has 0 bridgehead atoms. The van der Waals surface area contributed by atoms with Crippen LogP contribution in [0.4, 0.5) is 0 Å². The first-order valence-corrected chi connectivity index (χ1v) is 9.03. The van der Waals surface area contributed by atoms with Gasteiger partial charge in [0.25, 0.3) is 0 Å². The fourth-order valence-corrected chi connectivity index (χ4v) is 5.29. The van der Waals surface area contributed by atoms with Gasteiger partial charge in [0.2, 0.25) is 0 Å². The number of hydrogen-bond donors (Lipinski definition) is 1. The SMILES string of the molecule is CC1CN(CC2CC(C(C)C)CCC2N)CC(C)S1. The van der Waals surface area contributed by atoms with Gasteiger partial charge in [0.05, 0.1) is 0 Å². The first kappa shape index (κ1) is 15.7. The fraction of sp³-hybridized carbons (Fsp3) is 1.00. The Kier molecular flexibility index (Phi) is 5.62. The van der Waals surface area contributed by atoms with Crippen molar-refractivity contribution in [2.24, 2.45) is 23.5 Å². The van der Waals surface area contributed by atoms with E-state index < -0.39 is 0 Å². The first-order valence-electron chi connectivity index (χ1n) is 8.09. The molecule has 0 aromatic heterocycles. The fourth-order valence-electron chi connectivity index (χ4n) is 3.90. The normalized spacial score (nSPS) is 41.7. The Morgan fingerprint density at radius 3 is 2.37 bits per heavy atom. The van der Waals surface area contributed by atoms with Crippen molar-refractivity contribution in [2.45, 2.75) is 63.5 Å². The largest absolute Gasteiger partial charge is 0.327 e. The lowest BCUT2D eigenvalue weighted by atomic mass is 9.73. The van der Waals surface area contributed by atoms with Crippen molar-refractivity contribution in [3.63, 3.8) is 0 Å². The molecule has 2 fully saturated rings. The van der Waals surface area contributed by atoms with E-state index in [1.54, 1.807) is 0 Å². The number of rotatable bonds is 3. The highest BCUT2D eigenvalue weighted by molar-refractivity contribution is 8.00. The lowest BCUT2D eigenvalue weighted by Gasteiger charge is -2.41. The molecule has 0 radical (unpaired) electrons. The molecule has 1 saturated carbocycles. The van der Waals surface area contributed by atoms with Crippen molar-refractivity contribution < 1.29 is 0 Å². The van der Waals surface area contributed by atoms with Crippen molar-refractivity contribution in [1.82, 2.24) is 4.90 Å². The van der Waals surface area contributed by atoms with Crippen LogP contribution in [0.25, 0.3) is 0 Å². The van der Waals surface area contributed by atoms with E-state index in [1.807, 2.05) is 0 Å². The Balaban J connectivity index is 1.89. The van der Waals surface area contributed by atoms with Gasteiger partial charge in [-0.15, -0.1) is 0 Å². The molecule has 0 amide bonds. The molecular weight excluding hydrogens is 252 g/mol. The molecule has 2 rings (SSSR count). The predicted octanol–water partition coefficient (Wildman–Crippen LogP) is 3.21. The van der Waals surface area contributed by atoms with Gasteiger partial charge in [-0.3, -0.25) is 0 Å². The molecular formula is C16H32N2S. The van der Waals surface area contributed by atoms with Crippen LogP contribution in [0, 0.1) is 17.8 Å². The summed E-state index contributed by atoms with van der Waals surface area (Å²) in [6, 6.07) is 0.440. The average molecular weight is 285 g/mol. The maximum atomic E-state index is 6.40. The van der Waals surface area contributed by atoms with Gasteiger partial charge in [-0.2, -0.15) is 11.8 Å². The molecule has 0 aromatic rings. The summed E-state index contributed by atoms with van der Waals surface area (Å²) in [5.74, 6) is 2.45. The molecule has 5 atom stereocenters. The van der Waals surface area contributed by atoms with E-state index in [0.29, 0.717) is 6.04 Å². The zero-order valence-corrected chi connectivity index (χ0v) is 14.0. The molecule has 2 N–H and O–H groups in total. The number of hydrogen-bond acceptors (Lipinski definition) is 3. The summed E-state index contributed by atoms with van der Waals surface area (Å²) < 4.78 is 0. The standard InChI is InChI=1S/C16H32N2S/c1-11(2)14-5-6-16(17)15(7-14)10-18-8-12(3)19-13(4)9-18/h11-16H,5-10,17H2,1-4H3. The van der Waals surface area contributed by atoms with Crippen LogP contribution in [-0.4, -0.2) is 41.1 Å². The first-order chi connectivity index (χ1) is 8.95. The van der Waals surface area contributed by atoms with Gasteiger partial charge >= 0.3 is 0 Å². The van der Waals surface area contributed by atoms with Gasteiger partial charge in [-0.05, 0) is 37.0 Å². The quantitative estimate of drug-likeness (QED) is 0.863. The summed E-state index contributed by atoms with van der Waals surface area (Å²) in [6.07, 6.45) is 3.93. The van der Waals surface area contributed by atoms with Crippen LogP contribution in [0.1, 0.15) is 47.0 Å². The van der Waals surface area contributed by atoms with E-state index in [9.17, 15) is 0 Å². The minimum atomic E-state index is 0.440. The minimum absolute atomic E-state index is 0.440. The predicted molar refractivity (Wildman–Crippen MR) is 86.6 cm³/mol. The van der Waals surface area contributed by atoms with E-state index in [1.165, 1.54) is 38.9 Å². The van der Waals surface area contributed by atoms with E-state index in [0.717, 1.165) is 28.3 Å². The summed E-state index contributed by atoms with van der Waals surface area (Å²) in [5, 5.41) is 1.56. The number of nitrogens with zero attached hydrogens (tertiary/aromatic N) is 1. The molecule has 3 heteroatoms. The van der Waals surface area contributed by atoms with Crippen LogP contribution in [0.15, 0.2) is 0 Å². The number of nitrogens with two attached hydrogens (primary N) is 1. The van der Waals surface area contributed by atoms with Crippen molar-refractivity contribution in [2.75, 3.05) is 19.6 Å². The van der Waals surface area contributed by atoms with Gasteiger partial charge in [-0.1, -0.05) is 27.7 Å². The van der Waals surface area contributed by atoms with Crippen LogP contribution in [0.2, 0.25) is 0 Å². The van der Waals surface area contributed by atoms with E-state index >= 15 is 0 Å². The molecule has 0 spiro atoms. The topological polar surface area (TPSA) is 29.3 Å². The number of thioether (sulfide) groups is 1. The third-order valence-electron chi connectivity index (χ3n) is 5.01. The maximum Gasteiger partial charge on any atom is 0.0149 e. The highest BCUT2D eigenvalue weighted by atomic mass is 32.2. The van der Waals surface area contributed by atoms with Crippen molar-refractivity contribution in [3.05, 3.63) is 0 Å². The Hall–Kier alpha value is 0.270. The molecule has 1 heterocycles. The second-order valence-corrected chi connectivity index (χ2v) is 9.10. The monoisotopic (exact) mass is 284 g/mol. The highest BCUT2D eigenvalue weighted by Crippen LogP contribution is 2.34. The third-order valence-corrected chi connectivity index (χ3v) is 6.24. The molecule has 1 aliphatic carbocycles. The lowest BCUT2D eigenvalue weighted by Crippen LogP contribution is -2.48. The molecule has 112 valence electrons. The zero-order valence-electron chi connectivity index (χ0n) is 13.1. The Labute approximate surface area is 123 Å². The van der Waals surface area contributed by atoms with Crippen LogP contribution >= 0.6 is 11.8 Å². The van der Waals surface area contributed by atoms with Gasteiger partial charge in [0.15, 0.2) is 0 Å². The van der Waals surface area contributed by atoms with Gasteiger partial charge in [0, 0.05) is 36.2 Å². The molecule has 5 unspecified atom stereocenters. The maximum absolute atomic E-state index is 6.40. The second kappa shape index (κ2) is 6.82. The van der Waals surface area contributed by atoms with Crippen molar-refractivity contribution in [3.8, 4) is 0 Å². The Morgan fingerprint density at radius 2 is 1.79 bits per heavy atom. The third kappa shape index (κ3) is 4.37. The van der Waals surface area contributed by atoms with Gasteiger partial charge in [-0.25, -0.2) is 0 Å². The van der Waals surface area contributed by atoms with E-state index in [-0.39, 0.29) is 0 Å². The molecule has 2 nitrogen and oxygen atoms in total. The van der Waals surface area contributed by atoms with Crippen LogP contribution in [0.5, 0.6) is 0 Å². The average Bonchev–Trinajstić information content (AvgIpc) is 2.30. The zero-order chi connectivity index (χ0) is 14.0. The molecule has 19 heavy (non-hydrogen) atoms. The Bertz CT molecular complexity index is 272. The van der Waals surface area contributed by atoms with Crippen LogP contribution < -0.4 is 5.73 Å². The molecule has 1 saturated heterocycles. The summed E-state index contributed by atoms with van der Waals surface area (Å²) in [6.45, 7) is 13.2. The summed E-state index contributed by atoms with van der Waals surface area (Å²) in [5.41, 5.74) is 6.40. The second-order valence-electron chi connectivity index (χ2n) is 7.22. The molecule has 1 aliphatic heterocycles. The van der Waals surface area contributed by atoms with E-state index in [4.69, 9.17) is 5.73 Å². The highest BCUT2D eigenvalue weighted by Gasteiger charge is 2.32. The minimum Gasteiger partial charge on any atom is -0.327 e. The summed E-state index contributed by atoms with van der Waals surface area (Å²) in [4.78, 5) is 2.68. The van der Waals surface area contributed by atoms with Crippen molar-refractivity contribution in [1.29, 1.82) is 0 Å². The smallest absolute Gasteiger partial charge is 0.0149 e. The van der Waals surface area contributed by atoms with Crippen molar-refractivity contribution >= 4 is 11.8 Å². The summed E-state index contributed by atoms with van der Waals surface area (Å²) >= 11 is 2.14. The molecule has 2 aliphatic rings.